The van der Waals surface area contributed by atoms with Crippen molar-refractivity contribution in [2.45, 2.75) is 195 Å². The smallest absolute Gasteiger partial charge is 0.305 e. The zero-order chi connectivity index (χ0) is 45.5. The maximum Gasteiger partial charge on any atom is 0.305 e. The van der Waals surface area contributed by atoms with E-state index in [2.05, 4.69) is 54.7 Å². The topological polar surface area (TPSA) is 148 Å². The first kappa shape index (κ1) is 48.5. The maximum absolute atomic E-state index is 12.0. The van der Waals surface area contributed by atoms with Crippen molar-refractivity contribution >= 4 is 11.9 Å². The number of hydrogen-bond donors (Lipinski definition) is 2. The molecule has 0 spiro atoms. The normalized spacial score (nSPS) is 44.6. The molecular weight excluding hydrogens is 805 g/mol. The summed E-state index contributed by atoms with van der Waals surface area (Å²) in [4.78, 5) is 45.4. The molecule has 2 heterocycles. The zero-order valence-electron chi connectivity index (χ0n) is 39.7. The van der Waals surface area contributed by atoms with Gasteiger partial charge in [-0.2, -0.15) is 9.78 Å². The number of esters is 2. The molecule has 8 rings (SSSR count). The van der Waals surface area contributed by atoms with E-state index in [0.29, 0.717) is 67.2 Å². The van der Waals surface area contributed by atoms with E-state index in [9.17, 15) is 19.8 Å². The SMILES string of the molecule is C=C(CCC)OO[C@@H]1CC2=C[C@H](O)C3C4CCC(OC(C)=O)[C@@]4(C)CCC3[C@@]2(C)CO1.C=C(CCC)OO[C@@H]1CC2C[C@H](O)C3C(CC[C@@]4(C)C3CC[C@@H]4OC(=O)CC)[C@@]2(C)CO1. The van der Waals surface area contributed by atoms with Crippen LogP contribution in [0.5, 0.6) is 0 Å². The van der Waals surface area contributed by atoms with Crippen LogP contribution in [0.1, 0.15) is 158 Å². The lowest BCUT2D eigenvalue weighted by Gasteiger charge is -2.61. The van der Waals surface area contributed by atoms with Gasteiger partial charge in [-0.3, -0.25) is 9.59 Å². The fourth-order valence-electron chi connectivity index (χ4n) is 14.6. The minimum Gasteiger partial charge on any atom is -0.462 e. The van der Waals surface area contributed by atoms with Crippen LogP contribution in [0.15, 0.2) is 36.3 Å². The summed E-state index contributed by atoms with van der Waals surface area (Å²) in [6.07, 6.45) is 14.1. The molecule has 8 unspecified atom stereocenters. The number of ether oxygens (including phenoxy) is 4. The summed E-state index contributed by atoms with van der Waals surface area (Å²) in [5.74, 6) is 3.13. The van der Waals surface area contributed by atoms with Crippen molar-refractivity contribution in [3.63, 3.8) is 0 Å². The number of aliphatic hydroxyl groups excluding tert-OH is 2. The van der Waals surface area contributed by atoms with Crippen molar-refractivity contribution in [1.82, 2.24) is 0 Å². The highest BCUT2D eigenvalue weighted by atomic mass is 17.2. The van der Waals surface area contributed by atoms with E-state index in [-0.39, 0.29) is 63.7 Å². The van der Waals surface area contributed by atoms with E-state index < -0.39 is 18.7 Å². The van der Waals surface area contributed by atoms with Gasteiger partial charge in [0.1, 0.15) is 23.7 Å². The largest absolute Gasteiger partial charge is 0.462 e. The molecule has 6 aliphatic carbocycles. The van der Waals surface area contributed by atoms with Crippen LogP contribution in [0.2, 0.25) is 0 Å². The lowest BCUT2D eigenvalue weighted by atomic mass is 9.46. The number of rotatable bonds is 13. The van der Waals surface area contributed by atoms with Gasteiger partial charge in [0, 0.05) is 55.3 Å². The van der Waals surface area contributed by atoms with Gasteiger partial charge in [0.2, 0.25) is 12.6 Å². The third kappa shape index (κ3) is 9.30. The average molecular weight is 885 g/mol. The highest BCUT2D eigenvalue weighted by molar-refractivity contribution is 5.69. The minimum atomic E-state index is -0.497. The number of carbonyl (C=O) groups is 2. The molecule has 8 aliphatic rings. The van der Waals surface area contributed by atoms with Crippen molar-refractivity contribution in [1.29, 1.82) is 0 Å². The summed E-state index contributed by atoms with van der Waals surface area (Å²) >= 11 is 0. The highest BCUT2D eigenvalue weighted by Gasteiger charge is 2.65. The molecule has 12 nitrogen and oxygen atoms in total. The fraction of sp³-hybridized carbons (Fsp3) is 0.843. The van der Waals surface area contributed by atoms with E-state index in [1.807, 2.05) is 13.0 Å². The Labute approximate surface area is 377 Å². The molecule has 0 radical (unpaired) electrons. The second-order valence-electron chi connectivity index (χ2n) is 21.7. The molecule has 2 aliphatic heterocycles. The van der Waals surface area contributed by atoms with Crippen LogP contribution in [0.4, 0.5) is 0 Å². The van der Waals surface area contributed by atoms with Crippen LogP contribution < -0.4 is 0 Å². The molecule has 356 valence electrons. The van der Waals surface area contributed by atoms with Crippen LogP contribution in [-0.4, -0.2) is 72.4 Å². The van der Waals surface area contributed by atoms with Crippen molar-refractivity contribution in [2.24, 2.45) is 63.1 Å². The number of aliphatic hydroxyl groups is 2. The Morgan fingerprint density at radius 1 is 0.714 bits per heavy atom. The van der Waals surface area contributed by atoms with Crippen LogP contribution in [0.25, 0.3) is 0 Å². The summed E-state index contributed by atoms with van der Waals surface area (Å²) in [7, 11) is 0. The van der Waals surface area contributed by atoms with E-state index in [0.717, 1.165) is 89.9 Å². The molecule has 0 aromatic rings. The Morgan fingerprint density at radius 3 is 1.87 bits per heavy atom. The highest BCUT2D eigenvalue weighted by Crippen LogP contribution is 2.67. The monoisotopic (exact) mass is 885 g/mol. The van der Waals surface area contributed by atoms with Gasteiger partial charge in [-0.15, -0.1) is 0 Å². The molecule has 2 N–H and O–H groups in total. The summed E-state index contributed by atoms with van der Waals surface area (Å²) in [6.45, 7) is 25.6. The molecule has 12 heteroatoms. The summed E-state index contributed by atoms with van der Waals surface area (Å²) < 4.78 is 23.8. The Morgan fingerprint density at radius 2 is 1.27 bits per heavy atom. The molecule has 63 heavy (non-hydrogen) atoms. The lowest BCUT2D eigenvalue weighted by Crippen LogP contribution is -2.61. The predicted octanol–water partition coefficient (Wildman–Crippen LogP) is 9.82. The molecular formula is C51H80O12. The number of allylic oxidation sites excluding steroid dienone is 2. The van der Waals surface area contributed by atoms with Gasteiger partial charge >= 0.3 is 11.9 Å². The quantitative estimate of drug-likeness (QED) is 0.0596. The molecule has 2 saturated heterocycles. The van der Waals surface area contributed by atoms with Gasteiger partial charge in [-0.05, 0) is 117 Å². The fourth-order valence-corrected chi connectivity index (χ4v) is 14.6. The van der Waals surface area contributed by atoms with Crippen molar-refractivity contribution < 1.29 is 58.3 Å². The molecule has 0 amide bonds. The summed E-state index contributed by atoms with van der Waals surface area (Å²) in [5.41, 5.74) is 1.00. The van der Waals surface area contributed by atoms with Crippen molar-refractivity contribution in [2.75, 3.05) is 13.2 Å². The maximum atomic E-state index is 12.0. The van der Waals surface area contributed by atoms with Gasteiger partial charge in [0.25, 0.3) is 0 Å². The number of fused-ring (bicyclic) bond motifs is 10. The second-order valence-corrected chi connectivity index (χ2v) is 21.7. The van der Waals surface area contributed by atoms with Crippen LogP contribution in [-0.2, 0) is 48.1 Å². The van der Waals surface area contributed by atoms with Gasteiger partial charge in [-0.1, -0.05) is 73.3 Å². The van der Waals surface area contributed by atoms with E-state index in [1.54, 1.807) is 0 Å². The second kappa shape index (κ2) is 19.4. The summed E-state index contributed by atoms with van der Waals surface area (Å²) in [5, 5.41) is 22.6. The molecule has 0 bridgehead atoms. The Kier molecular flexibility index (Phi) is 14.9. The Bertz CT molecular complexity index is 1700. The van der Waals surface area contributed by atoms with E-state index in [4.69, 9.17) is 38.5 Å². The van der Waals surface area contributed by atoms with Gasteiger partial charge < -0.3 is 38.9 Å². The first-order valence-corrected chi connectivity index (χ1v) is 24.6. The standard InChI is InChI=1S/C26H42O6.C25H38O6/c1-6-8-16(3)31-32-23-14-17-13-20(27)24-18-9-10-21(30-22(28)7-2)25(18,4)12-11-19(24)26(17,5)15-29-23;1-6-7-15(2)30-31-22-13-17-12-20(27)23-18-8-9-21(29-16(3)26)24(18,4)11-10-19(23)25(17,5)14-28-22/h17-21,23-24,27H,3,6-15H2,1-2,4-5H3;12,18-23,27H,2,6-11,13-14H2,1,3-5H3/t17?,18?,19?,20-,21-,23+,24?,25-,26-;18?,19?,20-,21?,22+,23?,24-,25-/m00/s1. The Hall–Kier alpha value is -2.48. The third-order valence-electron chi connectivity index (χ3n) is 18.0. The number of carbonyl (C=O) groups excluding carboxylic acids is 2. The molecule has 5 saturated carbocycles. The average Bonchev–Trinajstić information content (AvgIpc) is 3.75. The predicted molar refractivity (Wildman–Crippen MR) is 235 cm³/mol. The van der Waals surface area contributed by atoms with Gasteiger partial charge in [0.05, 0.1) is 25.4 Å². The van der Waals surface area contributed by atoms with Crippen LogP contribution in [0.3, 0.4) is 0 Å². The third-order valence-corrected chi connectivity index (χ3v) is 18.0. The molecule has 17 atom stereocenters. The van der Waals surface area contributed by atoms with Crippen molar-refractivity contribution in [3.8, 4) is 0 Å². The van der Waals surface area contributed by atoms with Crippen LogP contribution in [0, 0.1) is 63.1 Å². The first-order valence-electron chi connectivity index (χ1n) is 24.6. The Balaban J connectivity index is 0.000000189. The van der Waals surface area contributed by atoms with Gasteiger partial charge in [-0.25, -0.2) is 0 Å². The van der Waals surface area contributed by atoms with Crippen LogP contribution >= 0.6 is 0 Å². The molecule has 0 aromatic carbocycles. The molecule has 0 aromatic heterocycles. The number of hydrogen-bond acceptors (Lipinski definition) is 12. The lowest BCUT2D eigenvalue weighted by molar-refractivity contribution is -0.383. The van der Waals surface area contributed by atoms with Gasteiger partial charge in [0.15, 0.2) is 0 Å². The zero-order valence-corrected chi connectivity index (χ0v) is 39.7. The summed E-state index contributed by atoms with van der Waals surface area (Å²) in [6, 6.07) is 0. The molecule has 7 fully saturated rings. The van der Waals surface area contributed by atoms with Crippen molar-refractivity contribution in [3.05, 3.63) is 36.3 Å². The van der Waals surface area contributed by atoms with E-state index >= 15 is 0 Å². The van der Waals surface area contributed by atoms with E-state index in [1.165, 1.54) is 12.5 Å². The first-order chi connectivity index (χ1) is 29.9. The minimum absolute atomic E-state index is 0.0176.